The molecular weight excluding hydrogens is 228 g/mol. The Morgan fingerprint density at radius 3 is 2.87 bits per heavy atom. The van der Waals surface area contributed by atoms with Crippen molar-refractivity contribution >= 4 is 29.3 Å². The predicted octanol–water partition coefficient (Wildman–Crippen LogP) is 2.25. The molecule has 0 atom stereocenters. The molecule has 15 heavy (non-hydrogen) atoms. The van der Waals surface area contributed by atoms with Crippen molar-refractivity contribution in [3.8, 4) is 0 Å². The lowest BCUT2D eigenvalue weighted by Gasteiger charge is -1.92. The van der Waals surface area contributed by atoms with Crippen molar-refractivity contribution in [3.05, 3.63) is 29.2 Å². The third-order valence-electron chi connectivity index (χ3n) is 1.77. The van der Waals surface area contributed by atoms with Crippen LogP contribution in [0.2, 0.25) is 0 Å². The monoisotopic (exact) mass is 238 g/mol. The summed E-state index contributed by atoms with van der Waals surface area (Å²) in [6.07, 6.45) is 7.03. The van der Waals surface area contributed by atoms with Gasteiger partial charge in [0.05, 0.1) is 10.4 Å². The minimum atomic E-state index is 1.15. The summed E-state index contributed by atoms with van der Waals surface area (Å²) in [6, 6.07) is 2.13. The Kier molecular flexibility index (Phi) is 3.17. The maximum atomic E-state index is 4.22. The lowest BCUT2D eigenvalue weighted by molar-refractivity contribution is 0.878. The summed E-state index contributed by atoms with van der Waals surface area (Å²) >= 11 is 3.52. The molecule has 0 fully saturated rings. The van der Waals surface area contributed by atoms with Crippen molar-refractivity contribution < 1.29 is 0 Å². The van der Waals surface area contributed by atoms with E-state index in [9.17, 15) is 0 Å². The molecule has 0 unspecified atom stereocenters. The van der Waals surface area contributed by atoms with Gasteiger partial charge in [-0.1, -0.05) is 0 Å². The largest absolute Gasteiger partial charge is 0.208 e. The van der Waals surface area contributed by atoms with E-state index in [1.807, 2.05) is 6.21 Å². The van der Waals surface area contributed by atoms with E-state index in [2.05, 4.69) is 34.5 Å². The lowest BCUT2D eigenvalue weighted by Crippen LogP contribution is -1.86. The molecule has 0 aliphatic heterocycles. The van der Waals surface area contributed by atoms with Gasteiger partial charge in [-0.05, 0) is 19.2 Å². The van der Waals surface area contributed by atoms with E-state index in [1.54, 1.807) is 40.4 Å². The van der Waals surface area contributed by atoms with Gasteiger partial charge in [0.25, 0.3) is 0 Å². The van der Waals surface area contributed by atoms with Gasteiger partial charge >= 0.3 is 0 Å². The molecule has 2 aromatic heterocycles. The first-order chi connectivity index (χ1) is 7.29. The first-order valence-electron chi connectivity index (χ1n) is 4.33. The second kappa shape index (κ2) is 4.59. The minimum Gasteiger partial charge on any atom is -0.208 e. The van der Waals surface area contributed by atoms with E-state index in [0.29, 0.717) is 0 Å². The first-order valence-corrected chi connectivity index (χ1v) is 6.37. The van der Waals surface area contributed by atoms with E-state index in [0.717, 1.165) is 5.56 Å². The molecule has 78 valence electrons. The van der Waals surface area contributed by atoms with Gasteiger partial charge < -0.3 is 0 Å². The topological polar surface area (TPSA) is 43.1 Å². The van der Waals surface area contributed by atoms with Gasteiger partial charge in [-0.25, -0.2) is 4.68 Å². The molecule has 2 rings (SSSR count). The summed E-state index contributed by atoms with van der Waals surface area (Å²) in [5, 5.41) is 11.6. The van der Waals surface area contributed by atoms with Gasteiger partial charge in [0, 0.05) is 10.4 Å². The molecule has 2 heterocycles. The molecule has 0 bridgehead atoms. The number of thiophene rings is 1. The summed E-state index contributed by atoms with van der Waals surface area (Å²) in [7, 11) is 0. The van der Waals surface area contributed by atoms with Crippen molar-refractivity contribution in [2.45, 2.75) is 11.1 Å². The Hall–Kier alpha value is -1.14. The van der Waals surface area contributed by atoms with Gasteiger partial charge in [0.1, 0.15) is 12.7 Å². The molecule has 4 nitrogen and oxygen atoms in total. The zero-order valence-electron chi connectivity index (χ0n) is 8.41. The zero-order chi connectivity index (χ0) is 10.7. The Balaban J connectivity index is 2.23. The van der Waals surface area contributed by atoms with Crippen LogP contribution in [-0.2, 0) is 0 Å². The van der Waals surface area contributed by atoms with Crippen molar-refractivity contribution in [3.63, 3.8) is 0 Å². The highest BCUT2D eigenvalue weighted by atomic mass is 32.2. The quantitative estimate of drug-likeness (QED) is 0.608. The third-order valence-corrected chi connectivity index (χ3v) is 3.99. The Morgan fingerprint density at radius 1 is 1.47 bits per heavy atom. The summed E-state index contributed by atoms with van der Waals surface area (Å²) in [5.74, 6) is 0. The molecule has 0 amide bonds. The van der Waals surface area contributed by atoms with Crippen LogP contribution in [0.1, 0.15) is 10.4 Å². The van der Waals surface area contributed by atoms with Gasteiger partial charge in [-0.3, -0.25) is 0 Å². The maximum absolute atomic E-state index is 4.22. The van der Waals surface area contributed by atoms with E-state index in [4.69, 9.17) is 0 Å². The molecule has 0 spiro atoms. The van der Waals surface area contributed by atoms with Gasteiger partial charge in [0.2, 0.25) is 0 Å². The molecule has 0 saturated carbocycles. The SMILES string of the molecule is CSc1sc(C)cc1/C=N/n1cnnc1. The molecular formula is C9H10N4S2. The number of hydrogen-bond acceptors (Lipinski definition) is 5. The van der Waals surface area contributed by atoms with Crippen LogP contribution in [0, 0.1) is 6.92 Å². The van der Waals surface area contributed by atoms with E-state index >= 15 is 0 Å². The van der Waals surface area contributed by atoms with Crippen molar-refractivity contribution in [1.29, 1.82) is 0 Å². The highest BCUT2D eigenvalue weighted by Crippen LogP contribution is 2.28. The molecule has 0 saturated heterocycles. The van der Waals surface area contributed by atoms with Crippen molar-refractivity contribution in [1.82, 2.24) is 14.9 Å². The number of aromatic nitrogens is 3. The zero-order valence-corrected chi connectivity index (χ0v) is 10.0. The molecule has 0 N–H and O–H groups in total. The fraction of sp³-hybridized carbons (Fsp3) is 0.222. The number of nitrogens with zero attached hydrogens (tertiary/aromatic N) is 4. The summed E-state index contributed by atoms with van der Waals surface area (Å²) in [6.45, 7) is 2.10. The van der Waals surface area contributed by atoms with Crippen LogP contribution in [0.25, 0.3) is 0 Å². The van der Waals surface area contributed by atoms with Crippen molar-refractivity contribution in [2.24, 2.45) is 5.10 Å². The van der Waals surface area contributed by atoms with E-state index in [-0.39, 0.29) is 0 Å². The van der Waals surface area contributed by atoms with Crippen molar-refractivity contribution in [2.75, 3.05) is 6.26 Å². The molecule has 2 aromatic rings. The maximum Gasteiger partial charge on any atom is 0.141 e. The van der Waals surface area contributed by atoms with Gasteiger partial charge in [-0.15, -0.1) is 33.3 Å². The van der Waals surface area contributed by atoms with Crippen LogP contribution in [0.15, 0.2) is 28.0 Å². The summed E-state index contributed by atoms with van der Waals surface area (Å²) in [4.78, 5) is 1.30. The van der Waals surface area contributed by atoms with Crippen LogP contribution in [-0.4, -0.2) is 27.3 Å². The molecule has 0 aliphatic rings. The fourth-order valence-corrected chi connectivity index (χ4v) is 2.93. The highest BCUT2D eigenvalue weighted by molar-refractivity contribution is 8.00. The highest BCUT2D eigenvalue weighted by Gasteiger charge is 2.03. The molecule has 6 heteroatoms. The Bertz CT molecular complexity index is 458. The Morgan fingerprint density at radius 2 is 2.20 bits per heavy atom. The summed E-state index contributed by atoms with van der Waals surface area (Å²) in [5.41, 5.74) is 1.15. The van der Waals surface area contributed by atoms with Crippen LogP contribution in [0.5, 0.6) is 0 Å². The lowest BCUT2D eigenvalue weighted by atomic mass is 10.3. The van der Waals surface area contributed by atoms with E-state index in [1.165, 1.54) is 9.09 Å². The van der Waals surface area contributed by atoms with Gasteiger partial charge in [0.15, 0.2) is 0 Å². The first kappa shape index (κ1) is 10.4. The Labute approximate surface area is 96.0 Å². The summed E-state index contributed by atoms with van der Waals surface area (Å²) < 4.78 is 2.86. The third kappa shape index (κ3) is 2.45. The minimum absolute atomic E-state index is 1.15. The fourth-order valence-electron chi connectivity index (χ4n) is 1.15. The normalized spacial score (nSPS) is 11.3. The predicted molar refractivity (Wildman–Crippen MR) is 63.9 cm³/mol. The average molecular weight is 238 g/mol. The number of aryl methyl sites for hydroxylation is 1. The van der Waals surface area contributed by atoms with Crippen LogP contribution in [0.4, 0.5) is 0 Å². The second-order valence-electron chi connectivity index (χ2n) is 2.89. The van der Waals surface area contributed by atoms with Gasteiger partial charge in [-0.2, -0.15) is 5.10 Å². The number of hydrogen-bond donors (Lipinski definition) is 0. The molecule has 0 radical (unpaired) electrons. The second-order valence-corrected chi connectivity index (χ2v) is 5.22. The van der Waals surface area contributed by atoms with E-state index < -0.39 is 0 Å². The molecule has 0 aliphatic carbocycles. The number of thioether (sulfide) groups is 1. The molecule has 0 aromatic carbocycles. The number of rotatable bonds is 3. The van der Waals surface area contributed by atoms with Crippen LogP contribution < -0.4 is 0 Å². The van der Waals surface area contributed by atoms with Crippen LogP contribution in [0.3, 0.4) is 0 Å². The van der Waals surface area contributed by atoms with Crippen LogP contribution >= 0.6 is 23.1 Å². The standard InChI is InChI=1S/C9H10N4S2/c1-7-3-8(9(14-2)15-7)4-12-13-5-10-11-6-13/h3-6H,1-2H3/b12-4+. The average Bonchev–Trinajstić information content (AvgIpc) is 2.83. The smallest absolute Gasteiger partial charge is 0.141 e.